The third kappa shape index (κ3) is 2.62. The summed E-state index contributed by atoms with van der Waals surface area (Å²) in [6.07, 6.45) is -5.23. The molecule has 1 aromatic carbocycles. The Morgan fingerprint density at radius 1 is 1.12 bits per heavy atom. The van der Waals surface area contributed by atoms with Crippen molar-refractivity contribution in [3.8, 4) is 11.5 Å². The SMILES string of the molecule is CC(C)C1O[C@@H]2[C@H](O)[C@H](O)[C@H](c3ccc4c(c3)OCO4)[C@@H]([N+](=O)[O-])[C@@H]2O1. The first kappa shape index (κ1) is 17.5. The quantitative estimate of drug-likeness (QED) is 0.590. The number of rotatable bonds is 3. The zero-order valence-corrected chi connectivity index (χ0v) is 14.3. The van der Waals surface area contributed by atoms with Crippen LogP contribution in [0.25, 0.3) is 0 Å². The zero-order valence-electron chi connectivity index (χ0n) is 14.3. The molecule has 0 bridgehead atoms. The molecular formula is C17H21NO8. The van der Waals surface area contributed by atoms with Crippen LogP contribution in [-0.2, 0) is 9.47 Å². The summed E-state index contributed by atoms with van der Waals surface area (Å²) in [5, 5.41) is 33.1. The van der Waals surface area contributed by atoms with Crippen molar-refractivity contribution in [1.29, 1.82) is 0 Å². The van der Waals surface area contributed by atoms with E-state index < -0.39 is 47.6 Å². The topological polar surface area (TPSA) is 121 Å². The predicted molar refractivity (Wildman–Crippen MR) is 86.5 cm³/mol. The lowest BCUT2D eigenvalue weighted by molar-refractivity contribution is -0.546. The molecule has 1 saturated carbocycles. The van der Waals surface area contributed by atoms with Crippen molar-refractivity contribution < 1.29 is 34.1 Å². The van der Waals surface area contributed by atoms with Crippen LogP contribution in [-0.4, -0.2) is 58.7 Å². The maximum atomic E-state index is 11.9. The lowest BCUT2D eigenvalue weighted by Crippen LogP contribution is -2.61. The van der Waals surface area contributed by atoms with Crippen molar-refractivity contribution in [3.05, 3.63) is 33.9 Å². The Morgan fingerprint density at radius 2 is 1.81 bits per heavy atom. The molecule has 1 aromatic rings. The summed E-state index contributed by atoms with van der Waals surface area (Å²) in [7, 11) is 0. The van der Waals surface area contributed by atoms with Crippen molar-refractivity contribution in [2.75, 3.05) is 6.79 Å². The number of benzene rings is 1. The van der Waals surface area contributed by atoms with Crippen molar-refractivity contribution >= 4 is 0 Å². The van der Waals surface area contributed by atoms with Gasteiger partial charge >= 0.3 is 0 Å². The molecule has 9 heteroatoms. The van der Waals surface area contributed by atoms with Crippen molar-refractivity contribution in [2.45, 2.75) is 56.5 Å². The molecule has 2 aliphatic heterocycles. The number of nitrogens with zero attached hydrogens (tertiary/aromatic N) is 1. The highest BCUT2D eigenvalue weighted by Gasteiger charge is 2.61. The Hall–Kier alpha value is -1.94. The van der Waals surface area contributed by atoms with Crippen LogP contribution < -0.4 is 9.47 Å². The minimum Gasteiger partial charge on any atom is -0.454 e. The molecule has 2 fully saturated rings. The summed E-state index contributed by atoms with van der Waals surface area (Å²) in [4.78, 5) is 11.4. The van der Waals surface area contributed by atoms with Gasteiger partial charge in [-0.15, -0.1) is 0 Å². The van der Waals surface area contributed by atoms with Crippen LogP contribution >= 0.6 is 0 Å². The van der Waals surface area contributed by atoms with Gasteiger partial charge in [0.25, 0.3) is 6.04 Å². The molecule has 1 saturated heterocycles. The number of nitro groups is 1. The number of aliphatic hydroxyl groups excluding tert-OH is 2. The number of hydrogen-bond acceptors (Lipinski definition) is 8. The Bertz CT molecular complexity index is 710. The number of hydrogen-bond donors (Lipinski definition) is 2. The van der Waals surface area contributed by atoms with Gasteiger partial charge in [0.15, 0.2) is 23.9 Å². The Labute approximate surface area is 149 Å². The Morgan fingerprint density at radius 3 is 2.50 bits per heavy atom. The molecule has 0 aromatic heterocycles. The second kappa shape index (κ2) is 6.34. The average molecular weight is 367 g/mol. The van der Waals surface area contributed by atoms with E-state index in [0.717, 1.165) is 0 Å². The van der Waals surface area contributed by atoms with Crippen LogP contribution in [0.15, 0.2) is 18.2 Å². The van der Waals surface area contributed by atoms with Crippen LogP contribution in [0.5, 0.6) is 11.5 Å². The standard InChI is InChI=1S/C17H21NO8/c1-7(2)17-25-15-12(18(21)22)11(13(19)14(20)16(15)26-17)8-3-4-9-10(5-8)24-6-23-9/h3-5,7,11-17,19-20H,6H2,1-2H3/t11-,12-,13-,14-,15+,16-,17?/m1/s1. The summed E-state index contributed by atoms with van der Waals surface area (Å²) in [6.45, 7) is 3.80. The van der Waals surface area contributed by atoms with Gasteiger partial charge < -0.3 is 29.2 Å². The minimum atomic E-state index is -1.37. The Kier molecular flexibility index (Phi) is 4.26. The van der Waals surface area contributed by atoms with Crippen LogP contribution in [0.3, 0.4) is 0 Å². The fraction of sp³-hybridized carbons (Fsp3) is 0.647. The second-order valence-corrected chi connectivity index (χ2v) is 7.21. The van der Waals surface area contributed by atoms with Crippen molar-refractivity contribution in [3.63, 3.8) is 0 Å². The summed E-state index contributed by atoms with van der Waals surface area (Å²) in [5.74, 6) is -0.0147. The zero-order chi connectivity index (χ0) is 18.6. The third-order valence-corrected chi connectivity index (χ3v) is 5.23. The number of ether oxygens (including phenoxy) is 4. The van der Waals surface area contributed by atoms with E-state index >= 15 is 0 Å². The average Bonchev–Trinajstić information content (AvgIpc) is 3.23. The van der Waals surface area contributed by atoms with E-state index in [-0.39, 0.29) is 12.7 Å². The maximum Gasteiger partial charge on any atom is 0.250 e. The van der Waals surface area contributed by atoms with E-state index in [9.17, 15) is 20.3 Å². The first-order chi connectivity index (χ1) is 12.4. The molecule has 0 spiro atoms. The van der Waals surface area contributed by atoms with Gasteiger partial charge in [-0.25, -0.2) is 0 Å². The molecule has 3 aliphatic rings. The summed E-state index contributed by atoms with van der Waals surface area (Å²) in [5.41, 5.74) is 0.484. The van der Waals surface area contributed by atoms with E-state index in [1.165, 1.54) is 0 Å². The molecule has 1 aliphatic carbocycles. The van der Waals surface area contributed by atoms with Gasteiger partial charge in [0.05, 0.1) is 12.0 Å². The molecule has 26 heavy (non-hydrogen) atoms. The highest BCUT2D eigenvalue weighted by molar-refractivity contribution is 5.46. The molecule has 142 valence electrons. The molecule has 4 rings (SSSR count). The van der Waals surface area contributed by atoms with E-state index in [2.05, 4.69) is 0 Å². The molecule has 2 heterocycles. The fourth-order valence-corrected chi connectivity index (χ4v) is 3.94. The molecule has 7 atom stereocenters. The van der Waals surface area contributed by atoms with Crippen LogP contribution in [0.1, 0.15) is 25.3 Å². The molecule has 2 N–H and O–H groups in total. The van der Waals surface area contributed by atoms with Gasteiger partial charge in [-0.1, -0.05) is 19.9 Å². The first-order valence-electron chi connectivity index (χ1n) is 8.58. The highest BCUT2D eigenvalue weighted by atomic mass is 16.7. The smallest absolute Gasteiger partial charge is 0.250 e. The van der Waals surface area contributed by atoms with Crippen LogP contribution in [0, 0.1) is 16.0 Å². The van der Waals surface area contributed by atoms with Gasteiger partial charge in [0.1, 0.15) is 12.2 Å². The Balaban J connectivity index is 1.72. The van der Waals surface area contributed by atoms with Gasteiger partial charge in [-0.3, -0.25) is 10.1 Å². The summed E-state index contributed by atoms with van der Waals surface area (Å²) >= 11 is 0. The van der Waals surface area contributed by atoms with Gasteiger partial charge in [0.2, 0.25) is 6.79 Å². The lowest BCUT2D eigenvalue weighted by atomic mass is 9.73. The largest absolute Gasteiger partial charge is 0.454 e. The first-order valence-corrected chi connectivity index (χ1v) is 8.58. The molecule has 0 amide bonds. The summed E-state index contributed by atoms with van der Waals surface area (Å²) < 4.78 is 22.0. The van der Waals surface area contributed by atoms with Crippen LogP contribution in [0.2, 0.25) is 0 Å². The minimum absolute atomic E-state index is 0.0404. The van der Waals surface area contributed by atoms with Crippen LogP contribution in [0.4, 0.5) is 0 Å². The predicted octanol–water partition coefficient (Wildman–Crippen LogP) is 0.646. The lowest BCUT2D eigenvalue weighted by Gasteiger charge is -2.39. The van der Waals surface area contributed by atoms with E-state index in [1.807, 2.05) is 13.8 Å². The summed E-state index contributed by atoms with van der Waals surface area (Å²) in [6, 6.07) is 3.63. The van der Waals surface area contributed by atoms with E-state index in [4.69, 9.17) is 18.9 Å². The van der Waals surface area contributed by atoms with Gasteiger partial charge in [0, 0.05) is 10.8 Å². The molecular weight excluding hydrogens is 346 g/mol. The fourth-order valence-electron chi connectivity index (χ4n) is 3.94. The molecule has 0 radical (unpaired) electrons. The second-order valence-electron chi connectivity index (χ2n) is 7.21. The van der Waals surface area contributed by atoms with Gasteiger partial charge in [-0.05, 0) is 17.7 Å². The normalized spacial score (nSPS) is 38.4. The highest BCUT2D eigenvalue weighted by Crippen LogP contribution is 2.44. The van der Waals surface area contributed by atoms with Crippen molar-refractivity contribution in [2.24, 2.45) is 5.92 Å². The van der Waals surface area contributed by atoms with Gasteiger partial charge in [-0.2, -0.15) is 0 Å². The molecule has 9 nitrogen and oxygen atoms in total. The number of fused-ring (bicyclic) bond motifs is 2. The van der Waals surface area contributed by atoms with E-state index in [1.54, 1.807) is 18.2 Å². The van der Waals surface area contributed by atoms with Crippen molar-refractivity contribution in [1.82, 2.24) is 0 Å². The maximum absolute atomic E-state index is 11.9. The number of aliphatic hydroxyl groups is 2. The monoisotopic (exact) mass is 367 g/mol. The third-order valence-electron chi connectivity index (χ3n) is 5.23. The van der Waals surface area contributed by atoms with E-state index in [0.29, 0.717) is 17.1 Å². The molecule has 1 unspecified atom stereocenters.